The Hall–Kier alpha value is -1.65. The summed E-state index contributed by atoms with van der Waals surface area (Å²) >= 11 is 0. The number of ether oxygens (including phenoxy) is 1. The van der Waals surface area contributed by atoms with E-state index in [0.717, 1.165) is 0 Å². The zero-order valence-corrected chi connectivity index (χ0v) is 6.87. The Morgan fingerprint density at radius 3 is 2.75 bits per heavy atom. The van der Waals surface area contributed by atoms with Crippen molar-refractivity contribution in [1.29, 1.82) is 0 Å². The first-order chi connectivity index (χ1) is 5.66. The SMILES string of the molecule is COC(=O)c1c(C)ncnc1N. The van der Waals surface area contributed by atoms with Gasteiger partial charge in [-0.3, -0.25) is 0 Å². The van der Waals surface area contributed by atoms with Gasteiger partial charge in [-0.15, -0.1) is 0 Å². The molecule has 0 spiro atoms. The van der Waals surface area contributed by atoms with Gasteiger partial charge in [-0.2, -0.15) is 0 Å². The van der Waals surface area contributed by atoms with Crippen LogP contribution in [0.5, 0.6) is 0 Å². The predicted molar refractivity (Wildman–Crippen MR) is 42.5 cm³/mol. The van der Waals surface area contributed by atoms with Crippen LogP contribution in [0.1, 0.15) is 16.1 Å². The van der Waals surface area contributed by atoms with Crippen LogP contribution in [0.3, 0.4) is 0 Å². The maximum atomic E-state index is 11.1. The molecular formula is C7H9N3O2. The van der Waals surface area contributed by atoms with E-state index in [4.69, 9.17) is 5.73 Å². The molecule has 0 aliphatic rings. The van der Waals surface area contributed by atoms with Gasteiger partial charge in [0.25, 0.3) is 0 Å². The van der Waals surface area contributed by atoms with Crippen LogP contribution in [0.25, 0.3) is 0 Å². The highest BCUT2D eigenvalue weighted by atomic mass is 16.5. The van der Waals surface area contributed by atoms with E-state index in [0.29, 0.717) is 5.69 Å². The number of aromatic nitrogens is 2. The fourth-order valence-corrected chi connectivity index (χ4v) is 0.846. The molecule has 0 saturated carbocycles. The van der Waals surface area contributed by atoms with Crippen LogP contribution in [-0.4, -0.2) is 23.0 Å². The van der Waals surface area contributed by atoms with Crippen LogP contribution in [-0.2, 0) is 4.74 Å². The molecule has 0 amide bonds. The van der Waals surface area contributed by atoms with Crippen molar-refractivity contribution in [2.75, 3.05) is 12.8 Å². The van der Waals surface area contributed by atoms with Gasteiger partial charge in [-0.25, -0.2) is 14.8 Å². The van der Waals surface area contributed by atoms with Gasteiger partial charge in [0.2, 0.25) is 0 Å². The van der Waals surface area contributed by atoms with Gasteiger partial charge < -0.3 is 10.5 Å². The molecule has 1 heterocycles. The number of nitrogen functional groups attached to an aromatic ring is 1. The van der Waals surface area contributed by atoms with E-state index in [1.807, 2.05) is 0 Å². The quantitative estimate of drug-likeness (QED) is 0.602. The summed E-state index contributed by atoms with van der Waals surface area (Å²) in [6.07, 6.45) is 1.30. The second-order valence-electron chi connectivity index (χ2n) is 2.21. The third-order valence-electron chi connectivity index (χ3n) is 1.46. The van der Waals surface area contributed by atoms with Gasteiger partial charge in [-0.05, 0) is 6.92 Å². The fourth-order valence-electron chi connectivity index (χ4n) is 0.846. The molecule has 0 saturated heterocycles. The summed E-state index contributed by atoms with van der Waals surface area (Å²) < 4.78 is 4.50. The Morgan fingerprint density at radius 1 is 1.58 bits per heavy atom. The highest BCUT2D eigenvalue weighted by Crippen LogP contribution is 2.11. The standard InChI is InChI=1S/C7H9N3O2/c1-4-5(7(11)12-2)6(8)10-3-9-4/h3H,1-2H3,(H2,8,9,10). The minimum atomic E-state index is -0.509. The van der Waals surface area contributed by atoms with Crippen molar-refractivity contribution in [3.8, 4) is 0 Å². The highest BCUT2D eigenvalue weighted by Gasteiger charge is 2.14. The topological polar surface area (TPSA) is 78.1 Å². The molecule has 1 rings (SSSR count). The third kappa shape index (κ3) is 1.34. The van der Waals surface area contributed by atoms with Gasteiger partial charge >= 0.3 is 5.97 Å². The highest BCUT2D eigenvalue weighted by molar-refractivity contribution is 5.94. The van der Waals surface area contributed by atoms with Crippen molar-refractivity contribution in [2.24, 2.45) is 0 Å². The number of esters is 1. The first-order valence-corrected chi connectivity index (χ1v) is 3.32. The third-order valence-corrected chi connectivity index (χ3v) is 1.46. The number of anilines is 1. The molecule has 0 radical (unpaired) electrons. The molecule has 0 bridgehead atoms. The second-order valence-corrected chi connectivity index (χ2v) is 2.21. The van der Waals surface area contributed by atoms with Crippen LogP contribution in [0, 0.1) is 6.92 Å². The smallest absolute Gasteiger partial charge is 0.343 e. The van der Waals surface area contributed by atoms with Gasteiger partial charge in [0.1, 0.15) is 17.7 Å². The molecule has 0 aliphatic heterocycles. The Balaban J connectivity index is 3.21. The average molecular weight is 167 g/mol. The van der Waals surface area contributed by atoms with Crippen LogP contribution in [0.4, 0.5) is 5.82 Å². The van der Waals surface area contributed by atoms with Crippen molar-refractivity contribution in [3.63, 3.8) is 0 Å². The molecule has 64 valence electrons. The first-order valence-electron chi connectivity index (χ1n) is 3.32. The largest absolute Gasteiger partial charge is 0.465 e. The molecular weight excluding hydrogens is 158 g/mol. The Morgan fingerprint density at radius 2 is 2.25 bits per heavy atom. The molecule has 0 fully saturated rings. The lowest BCUT2D eigenvalue weighted by molar-refractivity contribution is 0.0600. The minimum Gasteiger partial charge on any atom is -0.465 e. The number of carbonyl (C=O) groups excluding carboxylic acids is 1. The zero-order valence-electron chi connectivity index (χ0n) is 6.87. The molecule has 1 aromatic rings. The molecule has 2 N–H and O–H groups in total. The minimum absolute atomic E-state index is 0.148. The zero-order chi connectivity index (χ0) is 9.14. The number of carbonyl (C=O) groups is 1. The van der Waals surface area contributed by atoms with E-state index < -0.39 is 5.97 Å². The molecule has 0 unspecified atom stereocenters. The summed E-state index contributed by atoms with van der Waals surface area (Å²) in [5.41, 5.74) is 6.20. The van der Waals surface area contributed by atoms with Gasteiger partial charge in [0, 0.05) is 0 Å². The summed E-state index contributed by atoms with van der Waals surface area (Å²) in [5.74, 6) is -0.361. The van der Waals surface area contributed by atoms with E-state index in [1.54, 1.807) is 6.92 Å². The number of methoxy groups -OCH3 is 1. The van der Waals surface area contributed by atoms with Crippen molar-refractivity contribution in [1.82, 2.24) is 9.97 Å². The predicted octanol–water partition coefficient (Wildman–Crippen LogP) is 0.154. The van der Waals surface area contributed by atoms with E-state index in [9.17, 15) is 4.79 Å². The molecule has 5 nitrogen and oxygen atoms in total. The van der Waals surface area contributed by atoms with E-state index >= 15 is 0 Å². The second kappa shape index (κ2) is 3.17. The molecule has 0 aromatic carbocycles. The van der Waals surface area contributed by atoms with Crippen molar-refractivity contribution >= 4 is 11.8 Å². The average Bonchev–Trinajstić information content (AvgIpc) is 2.03. The molecule has 5 heteroatoms. The number of hydrogen-bond acceptors (Lipinski definition) is 5. The monoisotopic (exact) mass is 167 g/mol. The number of aryl methyl sites for hydroxylation is 1. The molecule has 0 atom stereocenters. The Labute approximate surface area is 69.6 Å². The van der Waals surface area contributed by atoms with Crippen LogP contribution in [0.15, 0.2) is 6.33 Å². The van der Waals surface area contributed by atoms with Crippen molar-refractivity contribution in [2.45, 2.75) is 6.92 Å². The van der Waals surface area contributed by atoms with E-state index in [-0.39, 0.29) is 11.4 Å². The number of hydrogen-bond donors (Lipinski definition) is 1. The van der Waals surface area contributed by atoms with Gasteiger partial charge in [-0.1, -0.05) is 0 Å². The summed E-state index contributed by atoms with van der Waals surface area (Å²) in [4.78, 5) is 18.6. The maximum absolute atomic E-state index is 11.1. The fraction of sp³-hybridized carbons (Fsp3) is 0.286. The lowest BCUT2D eigenvalue weighted by Gasteiger charge is -2.03. The Bertz CT molecular complexity index is 291. The van der Waals surface area contributed by atoms with Crippen LogP contribution in [0.2, 0.25) is 0 Å². The molecule has 12 heavy (non-hydrogen) atoms. The number of nitrogens with zero attached hydrogens (tertiary/aromatic N) is 2. The first kappa shape index (κ1) is 8.45. The van der Waals surface area contributed by atoms with Crippen molar-refractivity contribution < 1.29 is 9.53 Å². The summed E-state index contributed by atoms with van der Waals surface area (Å²) in [5, 5.41) is 0. The Kier molecular flexibility index (Phi) is 2.23. The number of rotatable bonds is 1. The van der Waals surface area contributed by atoms with E-state index in [1.165, 1.54) is 13.4 Å². The van der Waals surface area contributed by atoms with Crippen molar-refractivity contribution in [3.05, 3.63) is 17.6 Å². The maximum Gasteiger partial charge on any atom is 0.343 e. The van der Waals surface area contributed by atoms with Crippen LogP contribution < -0.4 is 5.73 Å². The normalized spacial score (nSPS) is 9.50. The lowest BCUT2D eigenvalue weighted by Crippen LogP contribution is -2.10. The van der Waals surface area contributed by atoms with Gasteiger partial charge in [0.05, 0.1) is 12.8 Å². The summed E-state index contributed by atoms with van der Waals surface area (Å²) in [6.45, 7) is 1.67. The number of nitrogens with two attached hydrogens (primary N) is 1. The van der Waals surface area contributed by atoms with Crippen LogP contribution >= 0.6 is 0 Å². The summed E-state index contributed by atoms with van der Waals surface area (Å²) in [6, 6.07) is 0. The van der Waals surface area contributed by atoms with E-state index in [2.05, 4.69) is 14.7 Å². The molecule has 1 aromatic heterocycles. The lowest BCUT2D eigenvalue weighted by atomic mass is 10.2. The molecule has 0 aliphatic carbocycles. The summed E-state index contributed by atoms with van der Waals surface area (Å²) in [7, 11) is 1.29. The van der Waals surface area contributed by atoms with Gasteiger partial charge in [0.15, 0.2) is 0 Å².